The molecule has 120 valence electrons. The lowest BCUT2D eigenvalue weighted by molar-refractivity contribution is 0.194. The van der Waals surface area contributed by atoms with Crippen LogP contribution in [0.2, 0.25) is 0 Å². The van der Waals surface area contributed by atoms with Crippen LogP contribution >= 0.6 is 0 Å². The Labute approximate surface area is 121 Å². The smallest absolute Gasteiger partial charge is 0.373 e. The molecular weight excluding hydrogens is 286 g/mol. The van der Waals surface area contributed by atoms with E-state index in [1.165, 1.54) is 0 Å². The molecule has 7 nitrogen and oxygen atoms in total. The third-order valence-corrected chi connectivity index (χ3v) is 0.943. The average molecular weight is 311 g/mol. The summed E-state index contributed by atoms with van der Waals surface area (Å²) in [6, 6.07) is 0. The monoisotopic (exact) mass is 311 g/mol. The molecule has 0 heterocycles. The summed E-state index contributed by atoms with van der Waals surface area (Å²) >= 11 is 0. The van der Waals surface area contributed by atoms with Crippen molar-refractivity contribution in [1.29, 1.82) is 0 Å². The van der Waals surface area contributed by atoms with Gasteiger partial charge in [0.25, 0.3) is 0 Å². The molecule has 0 fully saturated rings. The van der Waals surface area contributed by atoms with Gasteiger partial charge in [-0.1, -0.05) is 24.3 Å². The van der Waals surface area contributed by atoms with Crippen molar-refractivity contribution in [1.82, 2.24) is 6.15 Å². The normalized spacial score (nSPS) is 8.50. The molecule has 0 aliphatic rings. The Bertz CT molecular complexity index is 285. The van der Waals surface area contributed by atoms with Crippen molar-refractivity contribution in [3.05, 3.63) is 50.6 Å². The number of rotatable bonds is 8. The fourth-order valence-electron chi connectivity index (χ4n) is 0.469. The summed E-state index contributed by atoms with van der Waals surface area (Å²) in [6.07, 6.45) is 6.85. The largest absolute Gasteiger partial charge is 0.394 e. The van der Waals surface area contributed by atoms with E-state index in [0.717, 1.165) is 0 Å². The van der Waals surface area contributed by atoms with Crippen LogP contribution in [0, 0.1) is 0 Å². The molecule has 5 N–H and O–H groups in total. The molecule has 0 amide bonds. The molecule has 0 saturated carbocycles. The lowest BCUT2D eigenvalue weighted by Gasteiger charge is -1.89. The summed E-state index contributed by atoms with van der Waals surface area (Å²) < 4.78 is 41.4. The summed E-state index contributed by atoms with van der Waals surface area (Å²) in [6.45, 7) is 16.4. The van der Waals surface area contributed by atoms with Gasteiger partial charge in [0.05, 0.1) is 26.4 Å². The lowest BCUT2D eigenvalue weighted by Crippen LogP contribution is -1.89. The van der Waals surface area contributed by atoms with Gasteiger partial charge in [-0.05, 0) is 0 Å². The molecule has 0 radical (unpaired) electrons. The van der Waals surface area contributed by atoms with Crippen LogP contribution in [-0.2, 0) is 19.9 Å². The van der Waals surface area contributed by atoms with Gasteiger partial charge in [0, 0.05) is 0 Å². The van der Waals surface area contributed by atoms with Gasteiger partial charge in [-0.2, -0.15) is 8.42 Å². The molecule has 0 aromatic carbocycles. The van der Waals surface area contributed by atoms with Crippen LogP contribution < -0.4 is 6.15 Å². The second-order valence-electron chi connectivity index (χ2n) is 2.68. The third-order valence-electron chi connectivity index (χ3n) is 0.943. The fourth-order valence-corrected chi connectivity index (χ4v) is 0.469. The van der Waals surface area contributed by atoms with Crippen LogP contribution in [0.1, 0.15) is 0 Å². The molecule has 0 rings (SSSR count). The van der Waals surface area contributed by atoms with E-state index < -0.39 is 10.4 Å². The molecule has 0 saturated heterocycles. The predicted molar refractivity (Wildman–Crippen MR) is 81.6 cm³/mol. The summed E-state index contributed by atoms with van der Waals surface area (Å²) in [7, 11) is -4.67. The second-order valence-corrected chi connectivity index (χ2v) is 3.57. The van der Waals surface area contributed by atoms with Gasteiger partial charge in [0.1, 0.15) is 0 Å². The van der Waals surface area contributed by atoms with Crippen LogP contribution in [-0.4, -0.2) is 44.0 Å². The number of hydrogen-bond acceptors (Lipinski definition) is 5. The molecule has 20 heavy (non-hydrogen) atoms. The van der Waals surface area contributed by atoms with Gasteiger partial charge in [0.2, 0.25) is 0 Å². The highest BCUT2D eigenvalue weighted by atomic mass is 32.3. The maximum Gasteiger partial charge on any atom is 0.394 e. The minimum absolute atomic E-state index is 0. The first-order chi connectivity index (χ1) is 8.83. The van der Waals surface area contributed by atoms with Crippen molar-refractivity contribution in [2.24, 2.45) is 0 Å². The maximum absolute atomic E-state index is 8.74. The molecule has 0 unspecified atom stereocenters. The standard InChI is InChI=1S/2C6H10O.H3N.H2O4S/c2*1-3-5-7-6-4-2;;1-5(2,3)4/h2*3-4H,1-2,5-6H2;1H3;(H2,1,2,3,4). The molecule has 0 aliphatic heterocycles. The van der Waals surface area contributed by atoms with Crippen molar-refractivity contribution >= 4 is 10.4 Å². The molecule has 0 bridgehead atoms. The maximum atomic E-state index is 8.74. The van der Waals surface area contributed by atoms with Crippen molar-refractivity contribution < 1.29 is 27.0 Å². The lowest BCUT2D eigenvalue weighted by atomic mass is 10.6. The minimum atomic E-state index is -4.67. The molecular formula is C12H25NO6S. The quantitative estimate of drug-likeness (QED) is 0.356. The third kappa shape index (κ3) is 91.6. The van der Waals surface area contributed by atoms with Crippen LogP contribution in [0.15, 0.2) is 50.6 Å². The zero-order chi connectivity index (χ0) is 15.6. The van der Waals surface area contributed by atoms with E-state index in [4.69, 9.17) is 27.0 Å². The molecule has 0 aromatic rings. The van der Waals surface area contributed by atoms with Crippen molar-refractivity contribution in [2.45, 2.75) is 0 Å². The Kier molecular flexibility index (Phi) is 31.0. The Hall–Kier alpha value is -1.29. The SMILES string of the molecule is C=CCOCC=C.C=CCOCC=C.N.O=S(=O)(O)O. The molecule has 0 aliphatic carbocycles. The van der Waals surface area contributed by atoms with Gasteiger partial charge in [-0.15, -0.1) is 26.3 Å². The van der Waals surface area contributed by atoms with Crippen LogP contribution in [0.4, 0.5) is 0 Å². The van der Waals surface area contributed by atoms with E-state index in [1.807, 2.05) is 0 Å². The summed E-state index contributed by atoms with van der Waals surface area (Å²) in [5.41, 5.74) is 0. The van der Waals surface area contributed by atoms with E-state index in [1.54, 1.807) is 24.3 Å². The first-order valence-corrected chi connectivity index (χ1v) is 6.52. The van der Waals surface area contributed by atoms with E-state index in [-0.39, 0.29) is 6.15 Å². The second kappa shape index (κ2) is 22.9. The zero-order valence-electron chi connectivity index (χ0n) is 11.6. The Balaban J connectivity index is -0.0000000952. The zero-order valence-corrected chi connectivity index (χ0v) is 12.4. The van der Waals surface area contributed by atoms with E-state index in [9.17, 15) is 0 Å². The first kappa shape index (κ1) is 27.1. The average Bonchev–Trinajstić information content (AvgIpc) is 2.29. The van der Waals surface area contributed by atoms with Gasteiger partial charge in [-0.25, -0.2) is 0 Å². The van der Waals surface area contributed by atoms with E-state index >= 15 is 0 Å². The number of ether oxygens (including phenoxy) is 2. The Morgan fingerprint density at radius 1 is 0.750 bits per heavy atom. The summed E-state index contributed by atoms with van der Waals surface area (Å²) in [4.78, 5) is 0. The number of hydrogen-bond donors (Lipinski definition) is 3. The molecule has 8 heteroatoms. The minimum Gasteiger partial charge on any atom is -0.373 e. The van der Waals surface area contributed by atoms with Gasteiger partial charge in [-0.3, -0.25) is 9.11 Å². The van der Waals surface area contributed by atoms with Crippen LogP contribution in [0.25, 0.3) is 0 Å². The molecule has 0 aromatic heterocycles. The summed E-state index contributed by atoms with van der Waals surface area (Å²) in [5, 5.41) is 0. The van der Waals surface area contributed by atoms with Crippen molar-refractivity contribution in [3.8, 4) is 0 Å². The van der Waals surface area contributed by atoms with E-state index in [0.29, 0.717) is 26.4 Å². The summed E-state index contributed by atoms with van der Waals surface area (Å²) in [5.74, 6) is 0. The fraction of sp³-hybridized carbons (Fsp3) is 0.333. The van der Waals surface area contributed by atoms with Gasteiger partial charge < -0.3 is 15.6 Å². The van der Waals surface area contributed by atoms with Crippen molar-refractivity contribution in [2.75, 3.05) is 26.4 Å². The highest BCUT2D eigenvalue weighted by Crippen LogP contribution is 1.73. The van der Waals surface area contributed by atoms with Crippen LogP contribution in [0.3, 0.4) is 0 Å². The highest BCUT2D eigenvalue weighted by molar-refractivity contribution is 7.79. The Morgan fingerprint density at radius 3 is 1.00 bits per heavy atom. The van der Waals surface area contributed by atoms with E-state index in [2.05, 4.69) is 26.3 Å². The predicted octanol–water partition coefficient (Wildman–Crippen LogP) is 2.26. The van der Waals surface area contributed by atoms with Crippen molar-refractivity contribution in [3.63, 3.8) is 0 Å². The first-order valence-electron chi connectivity index (χ1n) is 5.12. The highest BCUT2D eigenvalue weighted by Gasteiger charge is 1.84. The molecule has 0 spiro atoms. The van der Waals surface area contributed by atoms with Gasteiger partial charge >= 0.3 is 10.4 Å². The van der Waals surface area contributed by atoms with Crippen LogP contribution in [0.5, 0.6) is 0 Å². The topological polar surface area (TPSA) is 128 Å². The van der Waals surface area contributed by atoms with Gasteiger partial charge in [0.15, 0.2) is 0 Å². The Morgan fingerprint density at radius 2 is 0.900 bits per heavy atom. The molecule has 0 atom stereocenters.